The van der Waals surface area contributed by atoms with Gasteiger partial charge in [0.05, 0.1) is 27.4 Å². The van der Waals surface area contributed by atoms with E-state index in [4.69, 9.17) is 14.2 Å². The fraction of sp³-hybridized carbons (Fsp3) is 0.550. The van der Waals surface area contributed by atoms with Crippen LogP contribution >= 0.6 is 0 Å². The highest BCUT2D eigenvalue weighted by Crippen LogP contribution is 2.52. The highest BCUT2D eigenvalue weighted by molar-refractivity contribution is 6.01. The van der Waals surface area contributed by atoms with Gasteiger partial charge >= 0.3 is 11.9 Å². The third-order valence-electron chi connectivity index (χ3n) is 5.97. The first kappa shape index (κ1) is 19.2. The standard InChI is InChI=1S/C20H25NO6/c1-25-13-8-6-12(7-9-13)16-11-15-14(17(22)21-16)5-4-10-20(15,18(23)26-2)19(24)27-3/h6-9,14-16H,4-5,10-11H2,1-3H3,(H,21,22)/t14-,15-,16-/m1/s1. The molecule has 27 heavy (non-hydrogen) atoms. The van der Waals surface area contributed by atoms with Crippen molar-refractivity contribution in [3.8, 4) is 5.75 Å². The fourth-order valence-electron chi connectivity index (χ4n) is 4.61. The maximum atomic E-state index is 12.8. The van der Waals surface area contributed by atoms with E-state index >= 15 is 0 Å². The van der Waals surface area contributed by atoms with Crippen molar-refractivity contribution in [1.29, 1.82) is 0 Å². The molecular formula is C20H25NO6. The van der Waals surface area contributed by atoms with Crippen LogP contribution in [0.3, 0.4) is 0 Å². The van der Waals surface area contributed by atoms with Gasteiger partial charge in [0.2, 0.25) is 5.91 Å². The Hall–Kier alpha value is -2.57. The minimum atomic E-state index is -1.44. The van der Waals surface area contributed by atoms with E-state index < -0.39 is 29.2 Å². The van der Waals surface area contributed by atoms with Crippen LogP contribution in [0.2, 0.25) is 0 Å². The van der Waals surface area contributed by atoms with Crippen LogP contribution in [0.1, 0.15) is 37.3 Å². The van der Waals surface area contributed by atoms with Crippen molar-refractivity contribution in [3.63, 3.8) is 0 Å². The average molecular weight is 375 g/mol. The molecule has 1 aromatic rings. The molecule has 7 heteroatoms. The van der Waals surface area contributed by atoms with Crippen molar-refractivity contribution < 1.29 is 28.6 Å². The van der Waals surface area contributed by atoms with Crippen LogP contribution in [-0.4, -0.2) is 39.2 Å². The number of benzene rings is 1. The van der Waals surface area contributed by atoms with Crippen molar-refractivity contribution in [3.05, 3.63) is 29.8 Å². The third-order valence-corrected chi connectivity index (χ3v) is 5.97. The molecular weight excluding hydrogens is 350 g/mol. The van der Waals surface area contributed by atoms with Crippen molar-refractivity contribution in [2.75, 3.05) is 21.3 Å². The van der Waals surface area contributed by atoms with Gasteiger partial charge in [-0.05, 0) is 42.9 Å². The molecule has 1 aromatic carbocycles. The minimum Gasteiger partial charge on any atom is -0.497 e. The number of amides is 1. The number of hydrogen-bond acceptors (Lipinski definition) is 6. The topological polar surface area (TPSA) is 90.9 Å². The highest BCUT2D eigenvalue weighted by Gasteiger charge is 2.61. The van der Waals surface area contributed by atoms with E-state index in [0.29, 0.717) is 25.7 Å². The molecule has 0 spiro atoms. The molecule has 1 aliphatic carbocycles. The summed E-state index contributed by atoms with van der Waals surface area (Å²) in [5.74, 6) is -1.53. The molecule has 0 aromatic heterocycles. The van der Waals surface area contributed by atoms with Crippen LogP contribution in [0.4, 0.5) is 0 Å². The molecule has 1 N–H and O–H groups in total. The van der Waals surface area contributed by atoms with Gasteiger partial charge in [-0.25, -0.2) is 0 Å². The number of rotatable bonds is 4. The van der Waals surface area contributed by atoms with Gasteiger partial charge in [0, 0.05) is 5.92 Å². The third kappa shape index (κ3) is 3.15. The number of carbonyl (C=O) groups excluding carboxylic acids is 3. The number of carbonyl (C=O) groups is 3. The van der Waals surface area contributed by atoms with Gasteiger partial charge in [-0.15, -0.1) is 0 Å². The second kappa shape index (κ2) is 7.58. The van der Waals surface area contributed by atoms with E-state index in [-0.39, 0.29) is 11.9 Å². The zero-order valence-corrected chi connectivity index (χ0v) is 15.8. The van der Waals surface area contributed by atoms with E-state index in [0.717, 1.165) is 11.3 Å². The first-order valence-electron chi connectivity index (χ1n) is 9.09. The first-order valence-corrected chi connectivity index (χ1v) is 9.09. The molecule has 1 aliphatic heterocycles. The Kier molecular flexibility index (Phi) is 5.39. The van der Waals surface area contributed by atoms with Crippen molar-refractivity contribution in [2.24, 2.45) is 17.3 Å². The number of fused-ring (bicyclic) bond motifs is 1. The molecule has 3 rings (SSSR count). The molecule has 2 fully saturated rings. The van der Waals surface area contributed by atoms with Gasteiger partial charge in [-0.3, -0.25) is 14.4 Å². The van der Waals surface area contributed by atoms with Crippen LogP contribution in [-0.2, 0) is 23.9 Å². The van der Waals surface area contributed by atoms with Crippen molar-refractivity contribution in [2.45, 2.75) is 31.7 Å². The Morgan fingerprint density at radius 1 is 1.07 bits per heavy atom. The predicted octanol–water partition coefficient (Wildman–Crippen LogP) is 2.00. The van der Waals surface area contributed by atoms with Gasteiger partial charge < -0.3 is 19.5 Å². The van der Waals surface area contributed by atoms with E-state index in [9.17, 15) is 14.4 Å². The molecule has 1 amide bonds. The number of ether oxygens (including phenoxy) is 3. The zero-order chi connectivity index (χ0) is 19.6. The largest absolute Gasteiger partial charge is 0.497 e. The highest BCUT2D eigenvalue weighted by atomic mass is 16.5. The molecule has 0 radical (unpaired) electrons. The SMILES string of the molecule is COC(=O)C1(C(=O)OC)CCC[C@H]2C(=O)N[C@@H](c3ccc(OC)cc3)C[C@H]21. The number of piperidine rings is 1. The summed E-state index contributed by atoms with van der Waals surface area (Å²) in [6.07, 6.45) is 2.02. The number of hydrogen-bond donors (Lipinski definition) is 1. The fourth-order valence-corrected chi connectivity index (χ4v) is 4.61. The maximum absolute atomic E-state index is 12.8. The van der Waals surface area contributed by atoms with Crippen LogP contribution in [0.5, 0.6) is 5.75 Å². The summed E-state index contributed by atoms with van der Waals surface area (Å²) in [5.41, 5.74) is -0.536. The van der Waals surface area contributed by atoms with Gasteiger partial charge in [0.1, 0.15) is 5.75 Å². The first-order chi connectivity index (χ1) is 13.0. The normalized spacial score (nSPS) is 26.3. The summed E-state index contributed by atoms with van der Waals surface area (Å²) in [5, 5.41) is 3.04. The van der Waals surface area contributed by atoms with E-state index in [2.05, 4.69) is 5.32 Å². The Bertz CT molecular complexity index is 712. The Morgan fingerprint density at radius 2 is 1.70 bits per heavy atom. The Morgan fingerprint density at radius 3 is 2.26 bits per heavy atom. The van der Waals surface area contributed by atoms with Gasteiger partial charge in [-0.2, -0.15) is 0 Å². The number of methoxy groups -OCH3 is 3. The molecule has 146 valence electrons. The second-order valence-electron chi connectivity index (χ2n) is 7.13. The summed E-state index contributed by atoms with van der Waals surface area (Å²) in [7, 11) is 4.12. The summed E-state index contributed by atoms with van der Waals surface area (Å²) in [6.45, 7) is 0. The quantitative estimate of drug-likeness (QED) is 0.639. The molecule has 7 nitrogen and oxygen atoms in total. The summed E-state index contributed by atoms with van der Waals surface area (Å²) >= 11 is 0. The van der Waals surface area contributed by atoms with Crippen LogP contribution in [0.15, 0.2) is 24.3 Å². The molecule has 1 heterocycles. The average Bonchev–Trinajstić information content (AvgIpc) is 2.72. The lowest BCUT2D eigenvalue weighted by atomic mass is 9.57. The molecule has 1 saturated carbocycles. The lowest BCUT2D eigenvalue weighted by Crippen LogP contribution is -2.58. The molecule has 0 bridgehead atoms. The lowest BCUT2D eigenvalue weighted by molar-refractivity contribution is -0.182. The maximum Gasteiger partial charge on any atom is 0.323 e. The van der Waals surface area contributed by atoms with Crippen LogP contribution < -0.4 is 10.1 Å². The smallest absolute Gasteiger partial charge is 0.323 e. The van der Waals surface area contributed by atoms with Crippen molar-refractivity contribution in [1.82, 2.24) is 5.32 Å². The predicted molar refractivity (Wildman–Crippen MR) is 95.8 cm³/mol. The summed E-state index contributed by atoms with van der Waals surface area (Å²) in [6, 6.07) is 7.11. The monoisotopic (exact) mass is 375 g/mol. The Labute approximate surface area is 158 Å². The number of esters is 2. The van der Waals surface area contributed by atoms with Crippen molar-refractivity contribution >= 4 is 17.8 Å². The molecule has 3 atom stereocenters. The molecule has 0 unspecified atom stereocenters. The zero-order valence-electron chi connectivity index (χ0n) is 15.8. The summed E-state index contributed by atoms with van der Waals surface area (Å²) < 4.78 is 15.1. The minimum absolute atomic E-state index is 0.135. The second-order valence-corrected chi connectivity index (χ2v) is 7.13. The van der Waals surface area contributed by atoms with Gasteiger partial charge in [-0.1, -0.05) is 18.6 Å². The van der Waals surface area contributed by atoms with Gasteiger partial charge in [0.25, 0.3) is 0 Å². The van der Waals surface area contributed by atoms with E-state index in [1.54, 1.807) is 7.11 Å². The van der Waals surface area contributed by atoms with E-state index in [1.165, 1.54) is 14.2 Å². The Balaban J connectivity index is 1.98. The lowest BCUT2D eigenvalue weighted by Gasteiger charge is -2.47. The molecule has 2 aliphatic rings. The van der Waals surface area contributed by atoms with Crippen LogP contribution in [0, 0.1) is 17.3 Å². The van der Waals surface area contributed by atoms with Crippen LogP contribution in [0.25, 0.3) is 0 Å². The molecule has 1 saturated heterocycles. The summed E-state index contributed by atoms with van der Waals surface area (Å²) in [4.78, 5) is 38.2. The number of nitrogens with one attached hydrogen (secondary N) is 1. The van der Waals surface area contributed by atoms with E-state index in [1.807, 2.05) is 24.3 Å². The van der Waals surface area contributed by atoms with Gasteiger partial charge in [0.15, 0.2) is 5.41 Å².